The number of amides is 2. The van der Waals surface area contributed by atoms with Crippen LogP contribution in [0.15, 0.2) is 240 Å². The molecule has 0 aliphatic carbocycles. The summed E-state index contributed by atoms with van der Waals surface area (Å²) < 4.78 is 52.9. The summed E-state index contributed by atoms with van der Waals surface area (Å²) in [6.07, 6.45) is -2.14. The van der Waals surface area contributed by atoms with E-state index in [9.17, 15) is 22.8 Å². The van der Waals surface area contributed by atoms with Crippen molar-refractivity contribution in [3.63, 3.8) is 0 Å². The fourth-order valence-electron chi connectivity index (χ4n) is 10.0. The van der Waals surface area contributed by atoms with E-state index < -0.39 is 52.2 Å². The van der Waals surface area contributed by atoms with Crippen molar-refractivity contribution in [3.05, 3.63) is 290 Å². The molecule has 2 atom stereocenters. The molecule has 2 aliphatic rings. The molecule has 0 spiro atoms. The van der Waals surface area contributed by atoms with Crippen molar-refractivity contribution in [2.75, 3.05) is 18.2 Å². The number of aromatic nitrogens is 2. The number of benzene rings is 7. The smallest absolute Gasteiger partial charge is 0.434 e. The van der Waals surface area contributed by atoms with Crippen LogP contribution >= 0.6 is 34.4 Å². The molecule has 0 bridgehead atoms. The molecule has 1 fully saturated rings. The first-order valence-electron chi connectivity index (χ1n) is 25.8. The number of methoxy groups -OCH3 is 1. The van der Waals surface area contributed by atoms with Gasteiger partial charge in [-0.1, -0.05) is 205 Å². The number of β-lactam (4-membered cyclic amide) rings is 1. The lowest BCUT2D eigenvalue weighted by molar-refractivity contribution is -0.153. The SMILES string of the molecule is COc1ccc(COC(=O)C2=C(C=Cc3scnc3C(F)(F)F)CS[C@@H]3C(NC(=O)C(=NOC(c4ccccc4)(c4ccccc4)c4ccccc4)c4csc(NC(c5ccccc5)(c5ccccc5)c5ccccc5)n4)C(=O)N23)cc1. The molecular weight excluding hydrogens is 1100 g/mol. The maximum absolute atomic E-state index is 15.4. The van der Waals surface area contributed by atoms with E-state index in [-0.39, 0.29) is 39.9 Å². The fraction of sp³-hybridized carbons (Fsp3) is 0.125. The Bertz CT molecular complexity index is 3600. The number of hydrogen-bond acceptors (Lipinski definition) is 13. The second kappa shape index (κ2) is 23.9. The van der Waals surface area contributed by atoms with Gasteiger partial charge in [-0.25, -0.2) is 14.8 Å². The van der Waals surface area contributed by atoms with Gasteiger partial charge in [0.25, 0.3) is 11.8 Å². The van der Waals surface area contributed by atoms with Crippen molar-refractivity contribution >= 4 is 69.1 Å². The lowest BCUT2D eigenvalue weighted by Gasteiger charge is -2.49. The van der Waals surface area contributed by atoms with E-state index in [0.29, 0.717) is 33.1 Å². The zero-order valence-corrected chi connectivity index (χ0v) is 46.1. The molecule has 2 N–H and O–H groups in total. The summed E-state index contributed by atoms with van der Waals surface area (Å²) in [4.78, 5) is 61.0. The van der Waals surface area contributed by atoms with Crippen LogP contribution in [0.5, 0.6) is 5.75 Å². The Morgan fingerprint density at radius 3 is 1.71 bits per heavy atom. The molecule has 11 rings (SSSR count). The molecule has 0 saturated carbocycles. The second-order valence-electron chi connectivity index (χ2n) is 18.9. The Balaban J connectivity index is 0.984. The molecule has 0 radical (unpaired) electrons. The third kappa shape index (κ3) is 10.9. The predicted octanol–water partition coefficient (Wildman–Crippen LogP) is 12.9. The number of esters is 1. The van der Waals surface area contributed by atoms with Crippen LogP contribution < -0.4 is 15.4 Å². The number of rotatable bonds is 19. The number of thiazole rings is 2. The van der Waals surface area contributed by atoms with E-state index in [0.717, 1.165) is 33.5 Å². The van der Waals surface area contributed by atoms with Gasteiger partial charge >= 0.3 is 12.1 Å². The number of fused-ring (bicyclic) bond motifs is 1. The van der Waals surface area contributed by atoms with Crippen LogP contribution in [0.3, 0.4) is 0 Å². The van der Waals surface area contributed by atoms with Gasteiger partial charge in [-0.2, -0.15) is 13.2 Å². The molecule has 410 valence electrons. The van der Waals surface area contributed by atoms with E-state index in [1.807, 2.05) is 182 Å². The molecule has 2 aromatic heterocycles. The van der Waals surface area contributed by atoms with Crippen LogP contribution in [-0.4, -0.2) is 62.6 Å². The average molecular weight is 1150 g/mol. The van der Waals surface area contributed by atoms with E-state index in [4.69, 9.17) is 24.5 Å². The minimum Gasteiger partial charge on any atom is -0.497 e. The summed E-state index contributed by atoms with van der Waals surface area (Å²) in [5, 5.41) is 12.8. The molecule has 2 aliphatic heterocycles. The number of nitrogens with one attached hydrogen (secondary N) is 2. The standard InChI is InChI=1S/C64H49F3N6O6S3/c1-77-50-35-32-42(33-36-50)38-78-60(76)55-43(34-37-52-56(64(65,66)67)68-41-82-52)39-80-59-54(58(75)73(55)59)70-57(74)53(72-79-63(47-26-14-5-15-27-47,48-28-16-6-17-29-48)49-30-18-7-19-31-49)51-40-81-61(69-51)71-62(44-20-8-2-9-21-44,45-22-10-3-11-23-45)46-24-12-4-13-25-46/h2-37,40-41,54,59H,38-39H2,1H3,(H,69,71)(H,70,74)/t54?,59-/m1/s1. The monoisotopic (exact) mass is 1150 g/mol. The zero-order chi connectivity index (χ0) is 56.7. The Hall–Kier alpha value is -9.10. The maximum atomic E-state index is 15.4. The van der Waals surface area contributed by atoms with Gasteiger partial charge in [0.2, 0.25) is 5.60 Å². The van der Waals surface area contributed by atoms with Crippen LogP contribution in [0.2, 0.25) is 0 Å². The topological polar surface area (TPSA) is 144 Å². The minimum absolute atomic E-state index is 0.0509. The van der Waals surface area contributed by atoms with Crippen molar-refractivity contribution in [2.45, 2.75) is 35.3 Å². The molecule has 12 nitrogen and oxygen atoms in total. The maximum Gasteiger partial charge on any atom is 0.434 e. The molecule has 1 unspecified atom stereocenters. The van der Waals surface area contributed by atoms with E-state index >= 15 is 4.79 Å². The summed E-state index contributed by atoms with van der Waals surface area (Å²) in [5.74, 6) is -1.75. The molecular formula is C64H49F3N6O6S3. The Morgan fingerprint density at radius 2 is 1.21 bits per heavy atom. The highest BCUT2D eigenvalue weighted by Crippen LogP contribution is 2.45. The van der Waals surface area contributed by atoms with Gasteiger partial charge in [0.05, 0.1) is 17.5 Å². The Morgan fingerprint density at radius 1 is 0.695 bits per heavy atom. The minimum atomic E-state index is -4.73. The number of carbonyl (C=O) groups is 3. The van der Waals surface area contributed by atoms with E-state index in [1.165, 1.54) is 47.3 Å². The third-order valence-corrected chi connectivity index (χ3v) is 16.9. The number of ether oxygens (including phenoxy) is 2. The van der Waals surface area contributed by atoms with Crippen LogP contribution in [-0.2, 0) is 47.9 Å². The number of carbonyl (C=O) groups excluding carboxylic acids is 3. The van der Waals surface area contributed by atoms with Crippen molar-refractivity contribution in [1.29, 1.82) is 0 Å². The number of allylic oxidation sites excluding steroid dienone is 1. The van der Waals surface area contributed by atoms with Gasteiger partial charge in [-0.05, 0) is 46.0 Å². The van der Waals surface area contributed by atoms with E-state index in [1.54, 1.807) is 29.6 Å². The van der Waals surface area contributed by atoms with Crippen LogP contribution in [0.4, 0.5) is 18.3 Å². The fourth-order valence-corrected chi connectivity index (χ4v) is 12.8. The van der Waals surface area contributed by atoms with Crippen LogP contribution in [0, 0.1) is 0 Å². The highest BCUT2D eigenvalue weighted by Gasteiger charge is 2.55. The number of alkyl halides is 3. The first-order chi connectivity index (χ1) is 40.0. The van der Waals surface area contributed by atoms with Gasteiger partial charge in [-0.15, -0.1) is 34.4 Å². The quantitative estimate of drug-likeness (QED) is 0.0264. The Kier molecular flexibility index (Phi) is 16.0. The summed E-state index contributed by atoms with van der Waals surface area (Å²) in [5.41, 5.74) is 2.96. The van der Waals surface area contributed by atoms with Gasteiger partial charge in [0.15, 0.2) is 16.5 Å². The summed E-state index contributed by atoms with van der Waals surface area (Å²) in [7, 11) is 1.52. The normalized spacial score (nSPS) is 15.6. The summed E-state index contributed by atoms with van der Waals surface area (Å²) in [6, 6.07) is 64.1. The van der Waals surface area contributed by atoms with Crippen molar-refractivity contribution < 1.29 is 41.9 Å². The van der Waals surface area contributed by atoms with Gasteiger partial charge < -0.3 is 24.9 Å². The molecule has 4 heterocycles. The number of anilines is 1. The van der Waals surface area contributed by atoms with Crippen LogP contribution in [0.1, 0.15) is 55.2 Å². The number of oxime groups is 1. The predicted molar refractivity (Wildman–Crippen MR) is 313 cm³/mol. The lowest BCUT2D eigenvalue weighted by atomic mass is 9.77. The molecule has 7 aromatic carbocycles. The molecule has 1 saturated heterocycles. The summed E-state index contributed by atoms with van der Waals surface area (Å²) in [6.45, 7) is -0.194. The zero-order valence-electron chi connectivity index (χ0n) is 43.6. The number of halogens is 3. The molecule has 9 aromatic rings. The van der Waals surface area contributed by atoms with Crippen molar-refractivity contribution in [3.8, 4) is 5.75 Å². The van der Waals surface area contributed by atoms with Gasteiger partial charge in [-0.3, -0.25) is 14.5 Å². The third-order valence-electron chi connectivity index (χ3n) is 14.0. The molecule has 2 amide bonds. The first kappa shape index (κ1) is 54.8. The lowest BCUT2D eigenvalue weighted by Crippen LogP contribution is -2.71. The second-order valence-corrected chi connectivity index (χ2v) is 21.7. The highest BCUT2D eigenvalue weighted by atomic mass is 32.2. The number of hydrogen-bond donors (Lipinski definition) is 2. The van der Waals surface area contributed by atoms with Crippen molar-refractivity contribution in [2.24, 2.45) is 5.16 Å². The number of nitrogens with zero attached hydrogens (tertiary/aromatic N) is 4. The molecule has 18 heteroatoms. The van der Waals surface area contributed by atoms with Gasteiger partial charge in [0.1, 0.15) is 40.7 Å². The van der Waals surface area contributed by atoms with Crippen molar-refractivity contribution in [1.82, 2.24) is 20.2 Å². The highest BCUT2D eigenvalue weighted by molar-refractivity contribution is 8.00. The first-order valence-corrected chi connectivity index (χ1v) is 28.6. The van der Waals surface area contributed by atoms with Gasteiger partial charge in [0, 0.05) is 27.8 Å². The van der Waals surface area contributed by atoms with E-state index in [2.05, 4.69) is 15.6 Å². The Labute approximate surface area is 482 Å². The largest absolute Gasteiger partial charge is 0.497 e. The molecule has 82 heavy (non-hydrogen) atoms. The van der Waals surface area contributed by atoms with Crippen LogP contribution in [0.25, 0.3) is 6.08 Å². The number of thioether (sulfide) groups is 1. The summed E-state index contributed by atoms with van der Waals surface area (Å²) >= 11 is 3.24. The average Bonchev–Trinajstić information content (AvgIpc) is 2.99.